The molecule has 0 aliphatic heterocycles. The molecule has 20 heavy (non-hydrogen) atoms. The van der Waals surface area contributed by atoms with Crippen LogP contribution in [-0.2, 0) is 0 Å². The number of rotatable bonds is 3. The van der Waals surface area contributed by atoms with Crippen molar-refractivity contribution >= 4 is 27.4 Å². The summed E-state index contributed by atoms with van der Waals surface area (Å²) >= 11 is 3.39. The number of hydrogen-bond acceptors (Lipinski definition) is 4. The van der Waals surface area contributed by atoms with Crippen molar-refractivity contribution in [3.8, 4) is 0 Å². The van der Waals surface area contributed by atoms with Gasteiger partial charge in [-0.25, -0.2) is 9.97 Å². The third-order valence-electron chi connectivity index (χ3n) is 4.00. The zero-order chi connectivity index (χ0) is 14.2. The van der Waals surface area contributed by atoms with Crippen LogP contribution in [0.15, 0.2) is 23.2 Å². The Kier molecular flexibility index (Phi) is 3.69. The van der Waals surface area contributed by atoms with E-state index in [2.05, 4.69) is 38.1 Å². The summed E-state index contributed by atoms with van der Waals surface area (Å²) in [5, 5.41) is 13.9. The summed E-state index contributed by atoms with van der Waals surface area (Å²) in [4.78, 5) is 8.72. The predicted octanol–water partition coefficient (Wildman–Crippen LogP) is 2.84. The van der Waals surface area contributed by atoms with Crippen molar-refractivity contribution in [3.05, 3.63) is 23.2 Å². The predicted molar refractivity (Wildman–Crippen MR) is 81.8 cm³/mol. The average molecular weight is 339 g/mol. The second-order valence-electron chi connectivity index (χ2n) is 5.85. The summed E-state index contributed by atoms with van der Waals surface area (Å²) in [6.45, 7) is 2.72. The smallest absolute Gasteiger partial charge is 0.180 e. The summed E-state index contributed by atoms with van der Waals surface area (Å²) in [5.74, 6) is 1.29. The van der Waals surface area contributed by atoms with Gasteiger partial charge in [-0.1, -0.05) is 19.8 Å². The van der Waals surface area contributed by atoms with Gasteiger partial charge in [0.2, 0.25) is 0 Å². The molecule has 1 aliphatic carbocycles. The van der Waals surface area contributed by atoms with Crippen molar-refractivity contribution < 1.29 is 5.11 Å². The molecule has 2 heterocycles. The van der Waals surface area contributed by atoms with Gasteiger partial charge in [0.15, 0.2) is 11.5 Å². The van der Waals surface area contributed by atoms with Crippen LogP contribution in [0.4, 0.5) is 5.82 Å². The summed E-state index contributed by atoms with van der Waals surface area (Å²) < 4.78 is 2.65. The van der Waals surface area contributed by atoms with Crippen molar-refractivity contribution in [1.82, 2.24) is 14.4 Å². The van der Waals surface area contributed by atoms with Gasteiger partial charge >= 0.3 is 0 Å². The first-order chi connectivity index (χ1) is 9.56. The largest absolute Gasteiger partial charge is 0.388 e. The van der Waals surface area contributed by atoms with E-state index < -0.39 is 5.60 Å². The Labute approximate surface area is 126 Å². The Morgan fingerprint density at radius 1 is 1.60 bits per heavy atom. The maximum absolute atomic E-state index is 10.7. The lowest BCUT2D eigenvalue weighted by atomic mass is 9.79. The number of fused-ring (bicyclic) bond motifs is 1. The Morgan fingerprint density at radius 3 is 3.25 bits per heavy atom. The number of imidazole rings is 1. The van der Waals surface area contributed by atoms with E-state index in [0.717, 1.165) is 29.5 Å². The topological polar surface area (TPSA) is 62.5 Å². The summed E-state index contributed by atoms with van der Waals surface area (Å²) in [5.41, 5.74) is 0.145. The van der Waals surface area contributed by atoms with Crippen molar-refractivity contribution in [1.29, 1.82) is 0 Å². The van der Waals surface area contributed by atoms with E-state index in [1.54, 1.807) is 6.20 Å². The molecule has 1 aliphatic rings. The molecule has 6 heteroatoms. The molecule has 0 spiro atoms. The van der Waals surface area contributed by atoms with E-state index in [4.69, 9.17) is 0 Å². The van der Waals surface area contributed by atoms with Gasteiger partial charge in [0.1, 0.15) is 4.60 Å². The Bertz CT molecular complexity index is 614. The summed E-state index contributed by atoms with van der Waals surface area (Å²) in [6.07, 6.45) is 9.48. The number of halogens is 1. The fraction of sp³-hybridized carbons (Fsp3) is 0.571. The van der Waals surface area contributed by atoms with E-state index in [1.165, 1.54) is 6.42 Å². The zero-order valence-corrected chi connectivity index (χ0v) is 13.1. The molecule has 1 saturated carbocycles. The number of aromatic nitrogens is 3. The number of nitrogens with one attached hydrogen (secondary N) is 1. The molecule has 0 amide bonds. The van der Waals surface area contributed by atoms with Crippen LogP contribution < -0.4 is 5.32 Å². The lowest BCUT2D eigenvalue weighted by Crippen LogP contribution is -2.41. The van der Waals surface area contributed by atoms with Gasteiger partial charge in [0.25, 0.3) is 0 Å². The quantitative estimate of drug-likeness (QED) is 0.903. The fourth-order valence-corrected chi connectivity index (χ4v) is 3.46. The Balaban J connectivity index is 1.78. The van der Waals surface area contributed by atoms with E-state index in [9.17, 15) is 5.11 Å². The van der Waals surface area contributed by atoms with Gasteiger partial charge in [0, 0.05) is 25.1 Å². The lowest BCUT2D eigenvalue weighted by Gasteiger charge is -2.35. The van der Waals surface area contributed by atoms with E-state index in [1.807, 2.05) is 16.8 Å². The van der Waals surface area contributed by atoms with Crippen molar-refractivity contribution in [3.63, 3.8) is 0 Å². The first kappa shape index (κ1) is 13.8. The highest BCUT2D eigenvalue weighted by Crippen LogP contribution is 2.32. The van der Waals surface area contributed by atoms with Gasteiger partial charge in [-0.2, -0.15) is 0 Å². The van der Waals surface area contributed by atoms with Crippen LogP contribution in [0.3, 0.4) is 0 Å². The SMILES string of the molecule is CC1CCCC(O)(CNc2nc(Br)cn3ccnc23)C1. The molecule has 1 fully saturated rings. The number of nitrogens with zero attached hydrogens (tertiary/aromatic N) is 3. The molecule has 2 N–H and O–H groups in total. The van der Waals surface area contributed by atoms with Crippen molar-refractivity contribution in [2.24, 2.45) is 5.92 Å². The van der Waals surface area contributed by atoms with E-state index in [-0.39, 0.29) is 0 Å². The first-order valence-electron chi connectivity index (χ1n) is 7.01. The average Bonchev–Trinajstić information content (AvgIpc) is 2.83. The fourth-order valence-electron chi connectivity index (χ4n) is 3.06. The number of hydrogen-bond donors (Lipinski definition) is 2. The molecule has 2 unspecified atom stereocenters. The van der Waals surface area contributed by atoms with Crippen LogP contribution in [0.2, 0.25) is 0 Å². The minimum atomic E-state index is -0.634. The normalized spacial score (nSPS) is 26.9. The van der Waals surface area contributed by atoms with Gasteiger partial charge in [-0.3, -0.25) is 0 Å². The van der Waals surface area contributed by atoms with Crippen molar-refractivity contribution in [2.75, 3.05) is 11.9 Å². The second-order valence-corrected chi connectivity index (χ2v) is 6.66. The minimum Gasteiger partial charge on any atom is -0.388 e. The van der Waals surface area contributed by atoms with Gasteiger partial charge in [0.05, 0.1) is 5.60 Å². The molecular formula is C14H19BrN4O. The van der Waals surface area contributed by atoms with Crippen LogP contribution in [0.25, 0.3) is 5.65 Å². The minimum absolute atomic E-state index is 0.517. The Morgan fingerprint density at radius 2 is 2.45 bits per heavy atom. The standard InChI is InChI=1S/C14H19BrN4O/c1-10-3-2-4-14(20,7-10)9-17-12-13-16-5-6-19(13)8-11(15)18-12/h5-6,8,10,20H,2-4,7,9H2,1H3,(H,17,18). The molecule has 3 rings (SSSR count). The van der Waals surface area contributed by atoms with Crippen LogP contribution in [-0.4, -0.2) is 31.6 Å². The molecule has 2 aromatic rings. The molecule has 0 saturated heterocycles. The third-order valence-corrected chi connectivity index (χ3v) is 4.38. The number of anilines is 1. The Hall–Kier alpha value is -1.14. The first-order valence-corrected chi connectivity index (χ1v) is 7.80. The van der Waals surface area contributed by atoms with Crippen LogP contribution in [0.1, 0.15) is 32.6 Å². The third kappa shape index (κ3) is 2.81. The van der Waals surface area contributed by atoms with Gasteiger partial charge in [-0.05, 0) is 34.7 Å². The molecule has 2 aromatic heterocycles. The number of aliphatic hydroxyl groups is 1. The highest BCUT2D eigenvalue weighted by molar-refractivity contribution is 9.10. The van der Waals surface area contributed by atoms with E-state index in [0.29, 0.717) is 18.3 Å². The van der Waals surface area contributed by atoms with E-state index >= 15 is 0 Å². The van der Waals surface area contributed by atoms with Crippen LogP contribution in [0.5, 0.6) is 0 Å². The molecule has 0 bridgehead atoms. The molecule has 5 nitrogen and oxygen atoms in total. The van der Waals surface area contributed by atoms with Crippen molar-refractivity contribution in [2.45, 2.75) is 38.2 Å². The monoisotopic (exact) mass is 338 g/mol. The molecule has 108 valence electrons. The molecule has 0 aromatic carbocycles. The highest BCUT2D eigenvalue weighted by atomic mass is 79.9. The molecular weight excluding hydrogens is 320 g/mol. The van der Waals surface area contributed by atoms with Gasteiger partial charge < -0.3 is 14.8 Å². The summed E-state index contributed by atoms with van der Waals surface area (Å²) in [6, 6.07) is 0. The maximum Gasteiger partial charge on any atom is 0.180 e. The van der Waals surface area contributed by atoms with Crippen LogP contribution >= 0.6 is 15.9 Å². The lowest BCUT2D eigenvalue weighted by molar-refractivity contribution is -0.000809. The van der Waals surface area contributed by atoms with Gasteiger partial charge in [-0.15, -0.1) is 0 Å². The maximum atomic E-state index is 10.7. The highest BCUT2D eigenvalue weighted by Gasteiger charge is 2.32. The molecule has 0 radical (unpaired) electrons. The van der Waals surface area contributed by atoms with Crippen LogP contribution in [0, 0.1) is 5.92 Å². The second kappa shape index (κ2) is 5.33. The summed E-state index contributed by atoms with van der Waals surface area (Å²) in [7, 11) is 0. The molecule has 2 atom stereocenters. The zero-order valence-electron chi connectivity index (χ0n) is 11.5.